The normalized spacial score (nSPS) is 11.2. The zero-order valence-corrected chi connectivity index (χ0v) is 12.9. The summed E-state index contributed by atoms with van der Waals surface area (Å²) in [5.41, 5.74) is -0.264. The molecule has 0 aliphatic heterocycles. The Morgan fingerprint density at radius 3 is 2.70 bits per heavy atom. The summed E-state index contributed by atoms with van der Waals surface area (Å²) in [6.45, 7) is 5.03. The molecule has 0 radical (unpaired) electrons. The number of rotatable bonds is 10. The molecule has 0 amide bonds. The van der Waals surface area contributed by atoms with Gasteiger partial charge in [0.05, 0.1) is 5.75 Å². The third-order valence-corrected chi connectivity index (χ3v) is 3.92. The molecule has 1 heterocycles. The number of hydrogen-bond acceptors (Lipinski definition) is 4. The number of aromatic nitrogens is 3. The zero-order chi connectivity index (χ0) is 15.0. The number of nitrogens with one attached hydrogen (secondary N) is 1. The van der Waals surface area contributed by atoms with Gasteiger partial charge < -0.3 is 5.11 Å². The smallest absolute Gasteiger partial charge is 0.343 e. The van der Waals surface area contributed by atoms with Gasteiger partial charge >= 0.3 is 11.7 Å². The highest BCUT2D eigenvalue weighted by atomic mass is 32.2. The minimum Gasteiger partial charge on any atom is -0.481 e. The van der Waals surface area contributed by atoms with E-state index < -0.39 is 5.97 Å². The highest BCUT2D eigenvalue weighted by Gasteiger charge is 2.10. The molecule has 6 nitrogen and oxygen atoms in total. The fraction of sp³-hybridized carbons (Fsp3) is 0.769. The summed E-state index contributed by atoms with van der Waals surface area (Å²) >= 11 is 1.07. The summed E-state index contributed by atoms with van der Waals surface area (Å²) in [6, 6.07) is 0. The van der Waals surface area contributed by atoms with Crippen LogP contribution in [-0.2, 0) is 11.3 Å². The molecular formula is C13H23N3O3S. The molecule has 2 N–H and O–H groups in total. The van der Waals surface area contributed by atoms with E-state index in [1.165, 1.54) is 23.8 Å². The second kappa shape index (κ2) is 8.84. The SMILES string of the molecule is CC(C)CCCCCCn1c(SCC(=O)O)n[nH]c1=O. The van der Waals surface area contributed by atoms with Crippen molar-refractivity contribution in [3.8, 4) is 0 Å². The molecule has 20 heavy (non-hydrogen) atoms. The van der Waals surface area contributed by atoms with Gasteiger partial charge in [-0.3, -0.25) is 9.36 Å². The lowest BCUT2D eigenvalue weighted by molar-refractivity contribution is -0.133. The summed E-state index contributed by atoms with van der Waals surface area (Å²) in [4.78, 5) is 22.1. The van der Waals surface area contributed by atoms with E-state index in [0.717, 1.165) is 30.5 Å². The van der Waals surface area contributed by atoms with Crippen LogP contribution in [0.25, 0.3) is 0 Å². The third-order valence-electron chi connectivity index (χ3n) is 2.96. The molecule has 0 atom stereocenters. The Balaban J connectivity index is 2.33. The maximum absolute atomic E-state index is 11.6. The minimum atomic E-state index is -0.911. The summed E-state index contributed by atoms with van der Waals surface area (Å²) in [5, 5.41) is 15.3. The monoisotopic (exact) mass is 301 g/mol. The Morgan fingerprint density at radius 2 is 2.05 bits per heavy atom. The van der Waals surface area contributed by atoms with E-state index in [2.05, 4.69) is 24.0 Å². The van der Waals surface area contributed by atoms with Gasteiger partial charge in [0, 0.05) is 6.54 Å². The van der Waals surface area contributed by atoms with Crippen LogP contribution in [0.3, 0.4) is 0 Å². The summed E-state index contributed by atoms with van der Waals surface area (Å²) in [7, 11) is 0. The maximum atomic E-state index is 11.6. The lowest BCUT2D eigenvalue weighted by Gasteiger charge is -2.06. The molecule has 0 aromatic carbocycles. The Hall–Kier alpha value is -1.24. The van der Waals surface area contributed by atoms with Crippen molar-refractivity contribution in [3.63, 3.8) is 0 Å². The van der Waals surface area contributed by atoms with Crippen LogP contribution in [0.1, 0.15) is 46.0 Å². The number of aromatic amines is 1. The predicted octanol–water partition coefficient (Wildman–Crippen LogP) is 2.35. The van der Waals surface area contributed by atoms with Crippen LogP contribution in [0, 0.1) is 5.92 Å². The summed E-state index contributed by atoms with van der Waals surface area (Å²) in [6.07, 6.45) is 5.62. The molecule has 0 unspecified atom stereocenters. The van der Waals surface area contributed by atoms with E-state index >= 15 is 0 Å². The number of thioether (sulfide) groups is 1. The van der Waals surface area contributed by atoms with Gasteiger partial charge in [0.15, 0.2) is 5.16 Å². The lowest BCUT2D eigenvalue weighted by atomic mass is 10.0. The van der Waals surface area contributed by atoms with Gasteiger partial charge in [-0.2, -0.15) is 0 Å². The molecule has 0 saturated carbocycles. The number of carboxylic acids is 1. The molecule has 0 spiro atoms. The molecule has 0 fully saturated rings. The van der Waals surface area contributed by atoms with Crippen molar-refractivity contribution in [2.45, 2.75) is 57.7 Å². The van der Waals surface area contributed by atoms with Crippen molar-refractivity contribution in [2.24, 2.45) is 5.92 Å². The van der Waals surface area contributed by atoms with E-state index in [-0.39, 0.29) is 11.4 Å². The largest absolute Gasteiger partial charge is 0.481 e. The molecule has 7 heteroatoms. The Bertz CT molecular complexity index is 468. The number of unbranched alkanes of at least 4 members (excludes halogenated alkanes) is 3. The second-order valence-electron chi connectivity index (χ2n) is 5.24. The topological polar surface area (TPSA) is 88.0 Å². The molecule has 114 valence electrons. The first kappa shape index (κ1) is 16.8. The Kier molecular flexibility index (Phi) is 7.43. The van der Waals surface area contributed by atoms with Crippen LogP contribution in [0.15, 0.2) is 9.95 Å². The predicted molar refractivity (Wildman–Crippen MR) is 79.1 cm³/mol. The molecule has 1 aromatic heterocycles. The van der Waals surface area contributed by atoms with Gasteiger partial charge in [-0.15, -0.1) is 5.10 Å². The number of hydrogen-bond donors (Lipinski definition) is 2. The Morgan fingerprint density at radius 1 is 1.35 bits per heavy atom. The molecule has 0 aliphatic carbocycles. The fourth-order valence-electron chi connectivity index (χ4n) is 1.91. The highest BCUT2D eigenvalue weighted by molar-refractivity contribution is 7.99. The van der Waals surface area contributed by atoms with Gasteiger partial charge in [-0.1, -0.05) is 51.3 Å². The van der Waals surface area contributed by atoms with E-state index in [1.807, 2.05) is 0 Å². The average Bonchev–Trinajstić information content (AvgIpc) is 2.72. The first-order valence-corrected chi connectivity index (χ1v) is 7.99. The molecule has 0 aliphatic rings. The van der Waals surface area contributed by atoms with E-state index in [1.54, 1.807) is 0 Å². The third kappa shape index (κ3) is 6.27. The van der Waals surface area contributed by atoms with E-state index in [0.29, 0.717) is 11.7 Å². The van der Waals surface area contributed by atoms with Crippen LogP contribution < -0.4 is 5.69 Å². The quantitative estimate of drug-likeness (QED) is 0.511. The second-order valence-corrected chi connectivity index (χ2v) is 6.18. The fourth-order valence-corrected chi connectivity index (χ4v) is 2.61. The Labute approximate surface area is 123 Å². The number of carboxylic acid groups (broad SMARTS) is 1. The summed E-state index contributed by atoms with van der Waals surface area (Å²) < 4.78 is 1.52. The van der Waals surface area contributed by atoms with Crippen molar-refractivity contribution in [1.82, 2.24) is 14.8 Å². The zero-order valence-electron chi connectivity index (χ0n) is 12.1. The highest BCUT2D eigenvalue weighted by Crippen LogP contribution is 2.14. The van der Waals surface area contributed by atoms with Crippen LogP contribution in [0.4, 0.5) is 0 Å². The average molecular weight is 301 g/mol. The summed E-state index contributed by atoms with van der Waals surface area (Å²) in [5.74, 6) is -0.255. The van der Waals surface area contributed by atoms with Gasteiger partial charge in [-0.05, 0) is 12.3 Å². The first-order chi connectivity index (χ1) is 9.50. The number of nitrogens with zero attached hydrogens (tertiary/aromatic N) is 2. The van der Waals surface area contributed by atoms with E-state index in [9.17, 15) is 9.59 Å². The van der Waals surface area contributed by atoms with Crippen molar-refractivity contribution < 1.29 is 9.90 Å². The maximum Gasteiger partial charge on any atom is 0.343 e. The lowest BCUT2D eigenvalue weighted by Crippen LogP contribution is -2.18. The van der Waals surface area contributed by atoms with Gasteiger partial charge in [0.2, 0.25) is 0 Å². The standard InChI is InChI=1S/C13H23N3O3S/c1-10(2)7-5-3-4-6-8-16-12(19)14-15-13(16)20-9-11(17)18/h10H,3-9H2,1-2H3,(H,14,19)(H,17,18). The van der Waals surface area contributed by atoms with Crippen LogP contribution >= 0.6 is 11.8 Å². The van der Waals surface area contributed by atoms with Crippen molar-refractivity contribution in [1.29, 1.82) is 0 Å². The first-order valence-electron chi connectivity index (χ1n) is 7.00. The van der Waals surface area contributed by atoms with Crippen LogP contribution in [-0.4, -0.2) is 31.6 Å². The molecule has 0 bridgehead atoms. The van der Waals surface area contributed by atoms with Crippen molar-refractivity contribution in [2.75, 3.05) is 5.75 Å². The number of carbonyl (C=O) groups is 1. The van der Waals surface area contributed by atoms with Gasteiger partial charge in [0.25, 0.3) is 0 Å². The van der Waals surface area contributed by atoms with Gasteiger partial charge in [0.1, 0.15) is 0 Å². The van der Waals surface area contributed by atoms with Crippen LogP contribution in [0.5, 0.6) is 0 Å². The van der Waals surface area contributed by atoms with Crippen LogP contribution in [0.2, 0.25) is 0 Å². The molecule has 0 saturated heterocycles. The van der Waals surface area contributed by atoms with Crippen molar-refractivity contribution >= 4 is 17.7 Å². The van der Waals surface area contributed by atoms with E-state index in [4.69, 9.17) is 5.11 Å². The number of H-pyrrole nitrogens is 1. The number of aliphatic carboxylic acids is 1. The minimum absolute atomic E-state index is 0.0846. The molecular weight excluding hydrogens is 278 g/mol. The molecule has 1 rings (SSSR count). The van der Waals surface area contributed by atoms with Crippen molar-refractivity contribution in [3.05, 3.63) is 10.5 Å². The molecule has 1 aromatic rings. The van der Waals surface area contributed by atoms with Gasteiger partial charge in [-0.25, -0.2) is 9.89 Å².